The smallest absolute Gasteiger partial charge is 0.133 e. The molecule has 14 heavy (non-hydrogen) atoms. The fraction of sp³-hybridized carbons (Fsp3) is 0.556. The minimum absolute atomic E-state index is 0.294. The van der Waals surface area contributed by atoms with E-state index in [1.165, 1.54) is 0 Å². The van der Waals surface area contributed by atoms with Gasteiger partial charge in [-0.3, -0.25) is 0 Å². The third kappa shape index (κ3) is 1.99. The van der Waals surface area contributed by atoms with Gasteiger partial charge in [0, 0.05) is 25.2 Å². The van der Waals surface area contributed by atoms with Crippen LogP contribution in [0.2, 0.25) is 0 Å². The van der Waals surface area contributed by atoms with Crippen molar-refractivity contribution in [3.63, 3.8) is 0 Å². The Morgan fingerprint density at radius 2 is 2.43 bits per heavy atom. The first-order valence-electron chi connectivity index (χ1n) is 4.66. The monoisotopic (exact) mass is 210 g/mol. The van der Waals surface area contributed by atoms with Gasteiger partial charge in [0.2, 0.25) is 0 Å². The highest BCUT2D eigenvalue weighted by molar-refractivity contribution is 7.98. The third-order valence-electron chi connectivity index (χ3n) is 2.39. The summed E-state index contributed by atoms with van der Waals surface area (Å²) in [6.45, 7) is 1.91. The predicted molar refractivity (Wildman–Crippen MR) is 58.6 cm³/mol. The molecule has 2 N–H and O–H groups in total. The molecule has 0 bridgehead atoms. The zero-order valence-corrected chi connectivity index (χ0v) is 9.00. The number of nitrogens with two attached hydrogens (primary N) is 1. The van der Waals surface area contributed by atoms with Crippen molar-refractivity contribution in [1.82, 2.24) is 9.97 Å². The minimum Gasteiger partial charge on any atom is -0.355 e. The molecule has 0 saturated carbocycles. The first-order chi connectivity index (χ1) is 6.79. The first-order valence-corrected chi connectivity index (χ1v) is 5.88. The zero-order valence-electron chi connectivity index (χ0n) is 8.18. The molecule has 1 fully saturated rings. The molecule has 1 aromatic heterocycles. The molecule has 1 aliphatic rings. The van der Waals surface area contributed by atoms with Crippen molar-refractivity contribution in [2.75, 3.05) is 24.2 Å². The summed E-state index contributed by atoms with van der Waals surface area (Å²) < 4.78 is 0. The molecule has 0 aromatic carbocycles. The standard InChI is InChI=1S/C9H14N4S/c1-14-9-4-8(11-6-12-9)13-3-2-7(10)5-13/h4,6-7H,2-3,5,10H2,1H3. The maximum absolute atomic E-state index is 5.84. The summed E-state index contributed by atoms with van der Waals surface area (Å²) in [6.07, 6.45) is 4.69. The van der Waals surface area contributed by atoms with Gasteiger partial charge in [-0.25, -0.2) is 9.97 Å². The van der Waals surface area contributed by atoms with Gasteiger partial charge >= 0.3 is 0 Å². The summed E-state index contributed by atoms with van der Waals surface area (Å²) in [5.74, 6) is 0.998. The molecule has 1 atom stereocenters. The van der Waals surface area contributed by atoms with Gasteiger partial charge in [-0.05, 0) is 12.7 Å². The van der Waals surface area contributed by atoms with Crippen molar-refractivity contribution < 1.29 is 0 Å². The second kappa shape index (κ2) is 4.14. The van der Waals surface area contributed by atoms with Crippen LogP contribution in [0, 0.1) is 0 Å². The number of hydrogen-bond donors (Lipinski definition) is 1. The number of nitrogens with zero attached hydrogens (tertiary/aromatic N) is 3. The van der Waals surface area contributed by atoms with E-state index in [0.717, 1.165) is 30.4 Å². The number of rotatable bonds is 2. The molecule has 1 saturated heterocycles. The Labute approximate surface area is 87.9 Å². The maximum Gasteiger partial charge on any atom is 0.133 e. The van der Waals surface area contributed by atoms with Gasteiger partial charge in [-0.2, -0.15) is 0 Å². The van der Waals surface area contributed by atoms with Gasteiger partial charge in [0.15, 0.2) is 0 Å². The van der Waals surface area contributed by atoms with E-state index in [-0.39, 0.29) is 0 Å². The lowest BCUT2D eigenvalue weighted by atomic mass is 10.3. The van der Waals surface area contributed by atoms with Crippen LogP contribution in [-0.2, 0) is 0 Å². The van der Waals surface area contributed by atoms with Crippen molar-refractivity contribution in [3.8, 4) is 0 Å². The fourth-order valence-corrected chi connectivity index (χ4v) is 1.99. The second-order valence-corrected chi connectivity index (χ2v) is 4.24. The molecule has 2 heterocycles. The average molecular weight is 210 g/mol. The Morgan fingerprint density at radius 3 is 3.07 bits per heavy atom. The van der Waals surface area contributed by atoms with Crippen LogP contribution in [0.5, 0.6) is 0 Å². The lowest BCUT2D eigenvalue weighted by Gasteiger charge is -2.16. The Bertz CT molecular complexity index is 317. The Hall–Kier alpha value is -0.810. The van der Waals surface area contributed by atoms with Crippen LogP contribution < -0.4 is 10.6 Å². The molecule has 4 nitrogen and oxygen atoms in total. The SMILES string of the molecule is CSc1cc(N2CCC(N)C2)ncn1. The molecule has 0 spiro atoms. The van der Waals surface area contributed by atoms with E-state index < -0.39 is 0 Å². The highest BCUT2D eigenvalue weighted by Gasteiger charge is 2.20. The summed E-state index contributed by atoms with van der Waals surface area (Å²) in [7, 11) is 0. The quantitative estimate of drug-likeness (QED) is 0.576. The van der Waals surface area contributed by atoms with Gasteiger partial charge in [-0.15, -0.1) is 11.8 Å². The summed E-state index contributed by atoms with van der Waals surface area (Å²) in [5, 5.41) is 1.01. The minimum atomic E-state index is 0.294. The van der Waals surface area contributed by atoms with E-state index in [1.54, 1.807) is 18.1 Å². The van der Waals surface area contributed by atoms with E-state index in [2.05, 4.69) is 14.9 Å². The van der Waals surface area contributed by atoms with Crippen molar-refractivity contribution in [2.24, 2.45) is 5.73 Å². The van der Waals surface area contributed by atoms with Gasteiger partial charge in [-0.1, -0.05) is 0 Å². The molecule has 76 valence electrons. The molecule has 5 heteroatoms. The first kappa shape index (κ1) is 9.73. The van der Waals surface area contributed by atoms with Crippen molar-refractivity contribution in [1.29, 1.82) is 0 Å². The Kier molecular flexibility index (Phi) is 2.88. The lowest BCUT2D eigenvalue weighted by molar-refractivity contribution is 0.751. The average Bonchev–Trinajstić information content (AvgIpc) is 2.65. The van der Waals surface area contributed by atoms with Crippen LogP contribution in [0.3, 0.4) is 0 Å². The number of thioether (sulfide) groups is 1. The van der Waals surface area contributed by atoms with Crippen LogP contribution in [0.15, 0.2) is 17.4 Å². The molecular formula is C9H14N4S. The van der Waals surface area contributed by atoms with Gasteiger partial charge in [0.1, 0.15) is 17.2 Å². The van der Waals surface area contributed by atoms with Gasteiger partial charge in [0.05, 0.1) is 0 Å². The second-order valence-electron chi connectivity index (χ2n) is 3.41. The molecule has 1 aliphatic heterocycles. The van der Waals surface area contributed by atoms with Crippen LogP contribution in [0.25, 0.3) is 0 Å². The van der Waals surface area contributed by atoms with E-state index in [1.807, 2.05) is 12.3 Å². The van der Waals surface area contributed by atoms with E-state index >= 15 is 0 Å². The Balaban J connectivity index is 2.15. The molecule has 0 aliphatic carbocycles. The molecule has 0 radical (unpaired) electrons. The molecular weight excluding hydrogens is 196 g/mol. The fourth-order valence-electron chi connectivity index (χ4n) is 1.61. The summed E-state index contributed by atoms with van der Waals surface area (Å²) in [5.41, 5.74) is 5.84. The number of hydrogen-bond acceptors (Lipinski definition) is 5. The van der Waals surface area contributed by atoms with Crippen LogP contribution in [0.1, 0.15) is 6.42 Å². The third-order valence-corrected chi connectivity index (χ3v) is 3.03. The van der Waals surface area contributed by atoms with Crippen molar-refractivity contribution in [2.45, 2.75) is 17.5 Å². The van der Waals surface area contributed by atoms with Crippen molar-refractivity contribution >= 4 is 17.6 Å². The molecule has 1 aromatic rings. The highest BCUT2D eigenvalue weighted by Crippen LogP contribution is 2.20. The molecule has 2 rings (SSSR count). The topological polar surface area (TPSA) is 55.0 Å². The van der Waals surface area contributed by atoms with Gasteiger partial charge in [0.25, 0.3) is 0 Å². The number of anilines is 1. The summed E-state index contributed by atoms with van der Waals surface area (Å²) in [4.78, 5) is 10.6. The Morgan fingerprint density at radius 1 is 1.57 bits per heavy atom. The van der Waals surface area contributed by atoms with Crippen molar-refractivity contribution in [3.05, 3.63) is 12.4 Å². The normalized spacial score (nSPS) is 21.6. The summed E-state index contributed by atoms with van der Waals surface area (Å²) >= 11 is 1.63. The van der Waals surface area contributed by atoms with Crippen LogP contribution >= 0.6 is 11.8 Å². The predicted octanol–water partition coefficient (Wildman–Crippen LogP) is 0.736. The maximum atomic E-state index is 5.84. The van der Waals surface area contributed by atoms with Crippen LogP contribution in [-0.4, -0.2) is 35.4 Å². The van der Waals surface area contributed by atoms with Gasteiger partial charge < -0.3 is 10.6 Å². The zero-order chi connectivity index (χ0) is 9.97. The summed E-state index contributed by atoms with van der Waals surface area (Å²) in [6, 6.07) is 2.31. The molecule has 1 unspecified atom stereocenters. The lowest BCUT2D eigenvalue weighted by Crippen LogP contribution is -2.26. The van der Waals surface area contributed by atoms with Crippen LogP contribution in [0.4, 0.5) is 5.82 Å². The van der Waals surface area contributed by atoms with E-state index in [9.17, 15) is 0 Å². The largest absolute Gasteiger partial charge is 0.355 e. The number of aromatic nitrogens is 2. The molecule has 0 amide bonds. The van der Waals surface area contributed by atoms with E-state index in [4.69, 9.17) is 5.73 Å². The van der Waals surface area contributed by atoms with E-state index in [0.29, 0.717) is 6.04 Å². The highest BCUT2D eigenvalue weighted by atomic mass is 32.2.